The van der Waals surface area contributed by atoms with Crippen molar-refractivity contribution in [3.05, 3.63) is 65.1 Å². The molecule has 0 radical (unpaired) electrons. The number of amides is 1. The molecule has 0 atom stereocenters. The molecule has 1 aromatic heterocycles. The third kappa shape index (κ3) is 4.17. The lowest BCUT2D eigenvalue weighted by Crippen LogP contribution is -2.14. The van der Waals surface area contributed by atoms with Crippen molar-refractivity contribution in [1.29, 1.82) is 0 Å². The predicted octanol–water partition coefficient (Wildman–Crippen LogP) is 4.57. The fraction of sp³-hybridized carbons (Fsp3) is 0.111. The summed E-state index contributed by atoms with van der Waals surface area (Å²) in [4.78, 5) is 24.5. The van der Waals surface area contributed by atoms with E-state index in [2.05, 4.69) is 5.32 Å². The molecule has 1 amide bonds. The van der Waals surface area contributed by atoms with Crippen LogP contribution in [0.5, 0.6) is 0 Å². The van der Waals surface area contributed by atoms with Gasteiger partial charge in [-0.3, -0.25) is 4.79 Å². The summed E-state index contributed by atoms with van der Waals surface area (Å²) in [5.41, 5.74) is 1.74. The molecule has 0 aliphatic heterocycles. The molecule has 0 saturated carbocycles. The third-order valence-electron chi connectivity index (χ3n) is 3.13. The molecule has 1 aromatic carbocycles. The van der Waals surface area contributed by atoms with E-state index in [9.17, 15) is 14.7 Å². The van der Waals surface area contributed by atoms with Gasteiger partial charge in [-0.1, -0.05) is 48.6 Å². The van der Waals surface area contributed by atoms with E-state index in [-0.39, 0.29) is 10.8 Å². The highest BCUT2D eigenvalue weighted by molar-refractivity contribution is 7.18. The first-order chi connectivity index (χ1) is 11.0. The lowest BCUT2D eigenvalue weighted by molar-refractivity contribution is -0.112. The second-order valence-corrected chi connectivity index (χ2v) is 5.91. The molecule has 2 N–H and O–H groups in total. The van der Waals surface area contributed by atoms with Gasteiger partial charge in [0.05, 0.1) is 5.69 Å². The van der Waals surface area contributed by atoms with Crippen LogP contribution < -0.4 is 5.32 Å². The molecule has 0 aliphatic rings. The zero-order chi connectivity index (χ0) is 16.8. The Bertz CT molecular complexity index is 773. The summed E-state index contributed by atoms with van der Waals surface area (Å²) in [6, 6.07) is 11.2. The molecule has 0 fully saturated rings. The predicted molar refractivity (Wildman–Crippen MR) is 93.9 cm³/mol. The van der Waals surface area contributed by atoms with E-state index < -0.39 is 5.97 Å². The van der Waals surface area contributed by atoms with Gasteiger partial charge in [-0.05, 0) is 25.5 Å². The molecule has 2 rings (SSSR count). The molecule has 23 heavy (non-hydrogen) atoms. The van der Waals surface area contributed by atoms with Crippen molar-refractivity contribution in [2.75, 3.05) is 5.32 Å². The number of aromatic carboxylic acids is 1. The fourth-order valence-electron chi connectivity index (χ4n) is 1.92. The monoisotopic (exact) mass is 327 g/mol. The molecule has 0 saturated heterocycles. The Morgan fingerprint density at radius 2 is 1.91 bits per heavy atom. The molecule has 0 unspecified atom stereocenters. The first-order valence-electron chi connectivity index (χ1n) is 7.06. The number of rotatable bonds is 5. The molecule has 0 bridgehead atoms. The van der Waals surface area contributed by atoms with E-state index in [0.717, 1.165) is 21.8 Å². The summed E-state index contributed by atoms with van der Waals surface area (Å²) >= 11 is 1.14. The summed E-state index contributed by atoms with van der Waals surface area (Å²) in [5, 5.41) is 12.0. The topological polar surface area (TPSA) is 66.4 Å². The van der Waals surface area contributed by atoms with Gasteiger partial charge in [0.25, 0.3) is 5.91 Å². The van der Waals surface area contributed by atoms with E-state index in [1.54, 1.807) is 25.1 Å². The van der Waals surface area contributed by atoms with Gasteiger partial charge < -0.3 is 10.4 Å². The molecular formula is C18H17NO3S. The summed E-state index contributed by atoms with van der Waals surface area (Å²) < 4.78 is 0. The van der Waals surface area contributed by atoms with E-state index in [1.165, 1.54) is 0 Å². The van der Waals surface area contributed by atoms with Crippen LogP contribution in [-0.2, 0) is 4.79 Å². The SMILES string of the molecule is C/C=C\C=C(/C)C(=O)Nc1cc(-c2ccccc2)sc1C(=O)O. The Hall–Kier alpha value is -2.66. The maximum absolute atomic E-state index is 12.1. The average molecular weight is 327 g/mol. The van der Waals surface area contributed by atoms with E-state index in [1.807, 2.05) is 43.3 Å². The number of carbonyl (C=O) groups excluding carboxylic acids is 1. The number of anilines is 1. The standard InChI is InChI=1S/C18H17NO3S/c1-3-4-8-12(2)17(20)19-14-11-15(23-16(14)18(21)22)13-9-6-5-7-10-13/h3-11H,1-2H3,(H,19,20)(H,21,22)/b4-3-,12-8+. The number of thiophene rings is 1. The van der Waals surface area contributed by atoms with Crippen molar-refractivity contribution in [2.24, 2.45) is 0 Å². The Morgan fingerprint density at radius 1 is 1.22 bits per heavy atom. The van der Waals surface area contributed by atoms with E-state index in [0.29, 0.717) is 11.3 Å². The molecule has 5 heteroatoms. The van der Waals surface area contributed by atoms with Crippen molar-refractivity contribution in [3.8, 4) is 10.4 Å². The van der Waals surface area contributed by atoms with Crippen LogP contribution in [0.25, 0.3) is 10.4 Å². The van der Waals surface area contributed by atoms with Crippen LogP contribution in [0.2, 0.25) is 0 Å². The van der Waals surface area contributed by atoms with Gasteiger partial charge in [0.15, 0.2) is 0 Å². The minimum absolute atomic E-state index is 0.121. The maximum atomic E-state index is 12.1. The van der Waals surface area contributed by atoms with E-state index in [4.69, 9.17) is 0 Å². The van der Waals surface area contributed by atoms with Crippen molar-refractivity contribution >= 4 is 28.9 Å². The highest BCUT2D eigenvalue weighted by Crippen LogP contribution is 2.35. The molecule has 0 aliphatic carbocycles. The molecule has 0 spiro atoms. The lowest BCUT2D eigenvalue weighted by atomic mass is 10.2. The highest BCUT2D eigenvalue weighted by atomic mass is 32.1. The van der Waals surface area contributed by atoms with Crippen LogP contribution in [0.3, 0.4) is 0 Å². The summed E-state index contributed by atoms with van der Waals surface area (Å²) in [5.74, 6) is -1.37. The number of carbonyl (C=O) groups is 2. The second-order valence-electron chi connectivity index (χ2n) is 4.85. The smallest absolute Gasteiger partial charge is 0.348 e. The summed E-state index contributed by atoms with van der Waals surface area (Å²) in [6.45, 7) is 3.54. The van der Waals surface area contributed by atoms with Gasteiger partial charge in [-0.15, -0.1) is 11.3 Å². The minimum atomic E-state index is -1.05. The van der Waals surface area contributed by atoms with Gasteiger partial charge >= 0.3 is 5.97 Å². The lowest BCUT2D eigenvalue weighted by Gasteiger charge is -2.03. The fourth-order valence-corrected chi connectivity index (χ4v) is 2.88. The number of hydrogen-bond donors (Lipinski definition) is 2. The molecule has 118 valence electrons. The van der Waals surface area contributed by atoms with Gasteiger partial charge in [0.1, 0.15) is 4.88 Å². The Balaban J connectivity index is 2.33. The number of carboxylic acid groups (broad SMARTS) is 1. The Kier molecular flexibility index (Phi) is 5.49. The van der Waals surface area contributed by atoms with Crippen LogP contribution in [0, 0.1) is 0 Å². The van der Waals surface area contributed by atoms with Gasteiger partial charge in [0, 0.05) is 10.5 Å². The first-order valence-corrected chi connectivity index (χ1v) is 7.88. The first kappa shape index (κ1) is 16.7. The number of nitrogens with one attached hydrogen (secondary N) is 1. The van der Waals surface area contributed by atoms with Crippen LogP contribution in [0.15, 0.2) is 60.2 Å². The zero-order valence-corrected chi connectivity index (χ0v) is 13.7. The number of hydrogen-bond acceptors (Lipinski definition) is 3. The molecule has 1 heterocycles. The zero-order valence-electron chi connectivity index (χ0n) is 12.9. The van der Waals surface area contributed by atoms with Crippen molar-refractivity contribution in [3.63, 3.8) is 0 Å². The summed E-state index contributed by atoms with van der Waals surface area (Å²) in [6.07, 6.45) is 5.26. The normalized spacial score (nSPS) is 11.7. The molecule has 4 nitrogen and oxygen atoms in total. The van der Waals surface area contributed by atoms with Crippen molar-refractivity contribution < 1.29 is 14.7 Å². The van der Waals surface area contributed by atoms with Gasteiger partial charge in [-0.2, -0.15) is 0 Å². The highest BCUT2D eigenvalue weighted by Gasteiger charge is 2.18. The molecule has 2 aromatic rings. The van der Waals surface area contributed by atoms with Gasteiger partial charge in [-0.25, -0.2) is 4.79 Å². The Labute approximate surface area is 138 Å². The quantitative estimate of drug-likeness (QED) is 0.624. The summed E-state index contributed by atoms with van der Waals surface area (Å²) in [7, 11) is 0. The van der Waals surface area contributed by atoms with E-state index >= 15 is 0 Å². The van der Waals surface area contributed by atoms with Gasteiger partial charge in [0.2, 0.25) is 0 Å². The minimum Gasteiger partial charge on any atom is -0.477 e. The largest absolute Gasteiger partial charge is 0.477 e. The second kappa shape index (κ2) is 7.56. The van der Waals surface area contributed by atoms with Crippen molar-refractivity contribution in [2.45, 2.75) is 13.8 Å². The average Bonchev–Trinajstić information content (AvgIpc) is 2.97. The Morgan fingerprint density at radius 3 is 2.52 bits per heavy atom. The number of allylic oxidation sites excluding steroid dienone is 3. The number of carboxylic acids is 1. The van der Waals surface area contributed by atoms with Crippen LogP contribution in [-0.4, -0.2) is 17.0 Å². The van der Waals surface area contributed by atoms with Crippen LogP contribution >= 0.6 is 11.3 Å². The van der Waals surface area contributed by atoms with Crippen LogP contribution in [0.1, 0.15) is 23.5 Å². The molecular weight excluding hydrogens is 310 g/mol. The van der Waals surface area contributed by atoms with Crippen LogP contribution in [0.4, 0.5) is 5.69 Å². The van der Waals surface area contributed by atoms with Crippen molar-refractivity contribution in [1.82, 2.24) is 0 Å². The third-order valence-corrected chi connectivity index (χ3v) is 4.30. The maximum Gasteiger partial charge on any atom is 0.348 e. The number of benzene rings is 1.